The lowest BCUT2D eigenvalue weighted by Crippen LogP contribution is -2.09. The lowest BCUT2D eigenvalue weighted by atomic mass is 10.0. The second-order valence-electron chi connectivity index (χ2n) is 8.83. The van der Waals surface area contributed by atoms with Gasteiger partial charge in [-0.15, -0.1) is 0 Å². The van der Waals surface area contributed by atoms with Crippen molar-refractivity contribution in [3.63, 3.8) is 0 Å². The molecule has 0 bridgehead atoms. The van der Waals surface area contributed by atoms with E-state index in [4.69, 9.17) is 0 Å². The number of nitrogens with zero attached hydrogens (tertiary/aromatic N) is 1. The molecule has 1 N–H and O–H groups in total. The molecule has 36 heavy (non-hydrogen) atoms. The molecule has 0 aliphatic rings. The Labute approximate surface area is 209 Å². The Hall–Kier alpha value is -4.89. The van der Waals surface area contributed by atoms with Gasteiger partial charge in [0.05, 0.1) is 5.56 Å². The zero-order valence-corrected chi connectivity index (χ0v) is 19.5. The zero-order valence-electron chi connectivity index (χ0n) is 19.5. The topological polar surface area (TPSA) is 40.5 Å². The van der Waals surface area contributed by atoms with E-state index in [1.165, 1.54) is 21.5 Å². The molecule has 6 aromatic carbocycles. The van der Waals surface area contributed by atoms with Crippen molar-refractivity contribution in [2.24, 2.45) is 0 Å². The van der Waals surface area contributed by atoms with Crippen LogP contribution in [0.1, 0.15) is 10.4 Å². The van der Waals surface area contributed by atoms with Gasteiger partial charge in [-0.1, -0.05) is 84.9 Å². The summed E-state index contributed by atoms with van der Waals surface area (Å²) in [7, 11) is 0. The summed E-state index contributed by atoms with van der Waals surface area (Å²) in [4.78, 5) is 13.5. The van der Waals surface area contributed by atoms with Gasteiger partial charge in [-0.3, -0.25) is 0 Å². The lowest BCUT2D eigenvalue weighted by molar-refractivity contribution is 0.0697. The predicted molar refractivity (Wildman–Crippen MR) is 149 cm³/mol. The molecule has 0 aromatic heterocycles. The number of aromatic carboxylic acids is 1. The van der Waals surface area contributed by atoms with Crippen molar-refractivity contribution in [3.8, 4) is 11.1 Å². The zero-order chi connectivity index (χ0) is 24.5. The van der Waals surface area contributed by atoms with Crippen LogP contribution in [0.4, 0.5) is 17.1 Å². The average Bonchev–Trinajstić information content (AvgIpc) is 2.93. The van der Waals surface area contributed by atoms with Gasteiger partial charge in [0.1, 0.15) is 0 Å². The third-order valence-corrected chi connectivity index (χ3v) is 6.57. The number of hydrogen-bond donors (Lipinski definition) is 1. The van der Waals surface area contributed by atoms with Crippen molar-refractivity contribution >= 4 is 44.6 Å². The minimum atomic E-state index is -0.918. The second kappa shape index (κ2) is 9.05. The maximum atomic E-state index is 11.2. The summed E-state index contributed by atoms with van der Waals surface area (Å²) < 4.78 is 0. The van der Waals surface area contributed by atoms with Crippen LogP contribution in [0, 0.1) is 0 Å². The van der Waals surface area contributed by atoms with E-state index in [-0.39, 0.29) is 5.56 Å². The molecule has 0 fully saturated rings. The third kappa shape index (κ3) is 4.08. The standard InChI is InChI=1S/C33H23NO2/c35-33(36)27-11-9-25(10-12-27)26-13-17-30(18-14-26)34(31-19-15-23-5-1-3-7-28(23)21-31)32-20-16-24-6-2-4-8-29(24)22-32/h1-22H,(H,35,36). The SMILES string of the molecule is O=C(O)c1ccc(-c2ccc(N(c3ccc4ccccc4c3)c3ccc4ccccc4c3)cc2)cc1. The second-order valence-corrected chi connectivity index (χ2v) is 8.83. The molecule has 3 heteroatoms. The number of benzene rings is 6. The first-order chi connectivity index (χ1) is 17.7. The number of carbonyl (C=O) groups is 1. The van der Waals surface area contributed by atoms with Crippen molar-refractivity contribution < 1.29 is 9.90 Å². The minimum absolute atomic E-state index is 0.286. The van der Waals surface area contributed by atoms with E-state index >= 15 is 0 Å². The first kappa shape index (κ1) is 21.6. The molecule has 0 aliphatic heterocycles. The van der Waals surface area contributed by atoms with E-state index in [9.17, 15) is 9.90 Å². The number of anilines is 3. The summed E-state index contributed by atoms with van der Waals surface area (Å²) in [6.07, 6.45) is 0. The molecule has 3 nitrogen and oxygen atoms in total. The molecule has 0 saturated carbocycles. The maximum Gasteiger partial charge on any atom is 0.335 e. The van der Waals surface area contributed by atoms with E-state index in [0.717, 1.165) is 28.2 Å². The molecule has 0 radical (unpaired) electrons. The monoisotopic (exact) mass is 465 g/mol. The van der Waals surface area contributed by atoms with Gasteiger partial charge < -0.3 is 10.0 Å². The lowest BCUT2D eigenvalue weighted by Gasteiger charge is -2.26. The Kier molecular flexibility index (Phi) is 5.44. The van der Waals surface area contributed by atoms with Crippen LogP contribution in [-0.2, 0) is 0 Å². The molecule has 6 aromatic rings. The summed E-state index contributed by atoms with van der Waals surface area (Å²) in [5.41, 5.74) is 5.52. The fourth-order valence-electron chi connectivity index (χ4n) is 4.69. The van der Waals surface area contributed by atoms with Crippen LogP contribution in [0.3, 0.4) is 0 Å². The van der Waals surface area contributed by atoms with Crippen LogP contribution in [0.5, 0.6) is 0 Å². The minimum Gasteiger partial charge on any atom is -0.478 e. The molecule has 0 amide bonds. The van der Waals surface area contributed by atoms with Gasteiger partial charge in [0, 0.05) is 17.1 Å². The number of rotatable bonds is 5. The smallest absolute Gasteiger partial charge is 0.335 e. The predicted octanol–water partition coefficient (Wildman–Crippen LogP) is 8.83. The van der Waals surface area contributed by atoms with Gasteiger partial charge in [0.2, 0.25) is 0 Å². The Morgan fingerprint density at radius 1 is 0.472 bits per heavy atom. The summed E-state index contributed by atoms with van der Waals surface area (Å²) in [5.74, 6) is -0.918. The normalized spacial score (nSPS) is 11.0. The van der Waals surface area contributed by atoms with E-state index < -0.39 is 5.97 Å². The fraction of sp³-hybridized carbons (Fsp3) is 0. The van der Waals surface area contributed by atoms with Crippen molar-refractivity contribution in [3.05, 3.63) is 139 Å². The molecule has 6 rings (SSSR count). The molecule has 0 saturated heterocycles. The molecule has 0 aliphatic carbocycles. The molecular weight excluding hydrogens is 442 g/mol. The van der Waals surface area contributed by atoms with Crippen molar-refractivity contribution in [1.29, 1.82) is 0 Å². The molecular formula is C33H23NO2. The van der Waals surface area contributed by atoms with Gasteiger partial charge in [-0.2, -0.15) is 0 Å². The highest BCUT2D eigenvalue weighted by molar-refractivity contribution is 5.93. The largest absolute Gasteiger partial charge is 0.478 e. The average molecular weight is 466 g/mol. The van der Waals surface area contributed by atoms with E-state index in [0.29, 0.717) is 0 Å². The molecule has 0 unspecified atom stereocenters. The number of carboxylic acid groups (broad SMARTS) is 1. The van der Waals surface area contributed by atoms with Crippen molar-refractivity contribution in [2.45, 2.75) is 0 Å². The molecule has 0 atom stereocenters. The van der Waals surface area contributed by atoms with Gasteiger partial charge in [0.15, 0.2) is 0 Å². The van der Waals surface area contributed by atoms with Crippen LogP contribution < -0.4 is 4.90 Å². The Morgan fingerprint density at radius 2 is 0.889 bits per heavy atom. The van der Waals surface area contributed by atoms with Crippen LogP contribution in [-0.4, -0.2) is 11.1 Å². The fourth-order valence-corrected chi connectivity index (χ4v) is 4.69. The molecule has 0 spiro atoms. The van der Waals surface area contributed by atoms with Crippen molar-refractivity contribution in [2.75, 3.05) is 4.90 Å². The highest BCUT2D eigenvalue weighted by Gasteiger charge is 2.14. The quantitative estimate of drug-likeness (QED) is 0.276. The summed E-state index contributed by atoms with van der Waals surface area (Å²) in [6.45, 7) is 0. The first-order valence-electron chi connectivity index (χ1n) is 11.9. The van der Waals surface area contributed by atoms with Crippen LogP contribution in [0.25, 0.3) is 32.7 Å². The number of carboxylic acids is 1. The van der Waals surface area contributed by atoms with E-state index in [1.54, 1.807) is 12.1 Å². The summed E-state index contributed by atoms with van der Waals surface area (Å²) >= 11 is 0. The third-order valence-electron chi connectivity index (χ3n) is 6.57. The van der Waals surface area contributed by atoms with Crippen LogP contribution in [0.15, 0.2) is 133 Å². The van der Waals surface area contributed by atoms with Gasteiger partial charge in [0.25, 0.3) is 0 Å². The van der Waals surface area contributed by atoms with Crippen LogP contribution >= 0.6 is 0 Å². The van der Waals surface area contributed by atoms with E-state index in [2.05, 4.69) is 114 Å². The Morgan fingerprint density at radius 3 is 1.36 bits per heavy atom. The van der Waals surface area contributed by atoms with Gasteiger partial charge in [-0.25, -0.2) is 4.79 Å². The van der Waals surface area contributed by atoms with Gasteiger partial charge in [-0.05, 0) is 81.2 Å². The number of fused-ring (bicyclic) bond motifs is 2. The Balaban J connectivity index is 1.45. The first-order valence-corrected chi connectivity index (χ1v) is 11.9. The highest BCUT2D eigenvalue weighted by Crippen LogP contribution is 2.38. The van der Waals surface area contributed by atoms with Crippen molar-refractivity contribution in [1.82, 2.24) is 0 Å². The Bertz CT molecular complexity index is 1620. The summed E-state index contributed by atoms with van der Waals surface area (Å²) in [5, 5.41) is 14.0. The van der Waals surface area contributed by atoms with E-state index in [1.807, 2.05) is 12.1 Å². The van der Waals surface area contributed by atoms with Gasteiger partial charge >= 0.3 is 5.97 Å². The molecule has 172 valence electrons. The molecule has 0 heterocycles. The number of hydrogen-bond acceptors (Lipinski definition) is 2. The highest BCUT2D eigenvalue weighted by atomic mass is 16.4. The maximum absolute atomic E-state index is 11.2. The van der Waals surface area contributed by atoms with Crippen LogP contribution in [0.2, 0.25) is 0 Å². The summed E-state index contributed by atoms with van der Waals surface area (Å²) in [6, 6.07) is 45.3.